The first-order valence-electron chi connectivity index (χ1n) is 15.6. The first-order chi connectivity index (χ1) is 21.2. The zero-order valence-corrected chi connectivity index (χ0v) is 25.2. The van der Waals surface area contributed by atoms with Gasteiger partial charge in [0.1, 0.15) is 11.1 Å². The molecule has 1 aromatic heterocycles. The Balaban J connectivity index is 0.00000161. The van der Waals surface area contributed by atoms with Gasteiger partial charge in [0.15, 0.2) is 11.5 Å². The van der Waals surface area contributed by atoms with Crippen molar-refractivity contribution < 1.29 is 14.3 Å². The highest BCUT2D eigenvalue weighted by molar-refractivity contribution is 6.01. The van der Waals surface area contributed by atoms with Crippen LogP contribution in [0, 0.1) is 0 Å². The molecule has 0 saturated carbocycles. The Morgan fingerprint density at radius 3 is 2.35 bits per heavy atom. The zero-order valence-electron chi connectivity index (χ0n) is 25.2. The number of pyridine rings is 1. The summed E-state index contributed by atoms with van der Waals surface area (Å²) in [6.45, 7) is 12.3. The smallest absolute Gasteiger partial charge is 0.256 e. The van der Waals surface area contributed by atoms with Crippen molar-refractivity contribution in [2.45, 2.75) is 26.7 Å². The van der Waals surface area contributed by atoms with Crippen molar-refractivity contribution in [2.75, 3.05) is 70.9 Å². The molecule has 3 aliphatic heterocycles. The topological polar surface area (TPSA) is 88.1 Å². The summed E-state index contributed by atoms with van der Waals surface area (Å²) in [7, 11) is 0. The largest absolute Gasteiger partial charge is 0.451 e. The second-order valence-corrected chi connectivity index (χ2v) is 11.0. The van der Waals surface area contributed by atoms with Gasteiger partial charge in [0.05, 0.1) is 30.0 Å². The molecule has 3 aliphatic rings. The Kier molecular flexibility index (Phi) is 8.92. The number of rotatable bonds is 8. The normalized spacial score (nSPS) is 16.3. The van der Waals surface area contributed by atoms with Crippen LogP contribution in [0.5, 0.6) is 11.5 Å². The molecule has 0 bridgehead atoms. The maximum Gasteiger partial charge on any atom is 0.256 e. The molecule has 4 aromatic rings. The minimum absolute atomic E-state index is 0.126. The van der Waals surface area contributed by atoms with Gasteiger partial charge in [0.25, 0.3) is 5.91 Å². The number of aromatic nitrogens is 1. The number of carbonyl (C=O) groups excluding carboxylic acids is 1. The van der Waals surface area contributed by atoms with Gasteiger partial charge in [0.2, 0.25) is 5.43 Å². The standard InChI is InChI=1S/C32H35N5O4.C2H6/c38-30-24-7-8-26(33-9-13-35-11-3-4-12-35)31-29(24)37(27-19-22-5-1-2-6-23(22)20-28(27)41-31)21-25(30)32(39)34-10-14-36-15-17-40-18-16-36;1-2/h1-2,5-8,19-21,33H,3-4,9-18H2,(H,34,39);1-2H3. The molecule has 0 unspecified atom stereocenters. The molecular formula is C34H41N5O4. The third kappa shape index (κ3) is 5.98. The Labute approximate surface area is 252 Å². The fourth-order valence-corrected chi connectivity index (χ4v) is 6.17. The molecule has 7 rings (SSSR count). The van der Waals surface area contributed by atoms with Crippen LogP contribution in [0.3, 0.4) is 0 Å². The Bertz CT molecular complexity index is 1670. The van der Waals surface area contributed by atoms with Crippen molar-refractivity contribution in [1.29, 1.82) is 0 Å². The van der Waals surface area contributed by atoms with E-state index in [-0.39, 0.29) is 16.9 Å². The van der Waals surface area contributed by atoms with Crippen LogP contribution in [0.15, 0.2) is 59.5 Å². The first-order valence-corrected chi connectivity index (χ1v) is 15.6. The quantitative estimate of drug-likeness (QED) is 0.270. The van der Waals surface area contributed by atoms with Crippen LogP contribution in [0.4, 0.5) is 5.69 Å². The third-order valence-electron chi connectivity index (χ3n) is 8.42. The Hall–Kier alpha value is -3.92. The van der Waals surface area contributed by atoms with E-state index < -0.39 is 0 Å². The number of amides is 1. The van der Waals surface area contributed by atoms with Gasteiger partial charge in [-0.25, -0.2) is 0 Å². The number of fused-ring (bicyclic) bond motifs is 3. The molecule has 43 heavy (non-hydrogen) atoms. The van der Waals surface area contributed by atoms with E-state index in [1.165, 1.54) is 12.8 Å². The first kappa shape index (κ1) is 29.2. The third-order valence-corrected chi connectivity index (χ3v) is 8.42. The summed E-state index contributed by atoms with van der Waals surface area (Å²) < 4.78 is 13.9. The summed E-state index contributed by atoms with van der Waals surface area (Å²) >= 11 is 0. The number of morpholine rings is 1. The fraction of sp³-hybridized carbons (Fsp3) is 0.412. The van der Waals surface area contributed by atoms with E-state index in [1.807, 2.05) is 48.7 Å². The number of ether oxygens (including phenoxy) is 2. The van der Waals surface area contributed by atoms with E-state index in [1.54, 1.807) is 6.20 Å². The molecule has 0 atom stereocenters. The van der Waals surface area contributed by atoms with E-state index >= 15 is 0 Å². The number of carbonyl (C=O) groups is 1. The molecule has 4 heterocycles. The van der Waals surface area contributed by atoms with E-state index in [9.17, 15) is 9.59 Å². The minimum atomic E-state index is -0.364. The molecule has 0 radical (unpaired) electrons. The highest BCUT2D eigenvalue weighted by Crippen LogP contribution is 2.45. The van der Waals surface area contributed by atoms with Gasteiger partial charge >= 0.3 is 0 Å². The van der Waals surface area contributed by atoms with Crippen molar-refractivity contribution in [3.8, 4) is 17.2 Å². The van der Waals surface area contributed by atoms with Crippen LogP contribution in [0.2, 0.25) is 0 Å². The predicted molar refractivity (Wildman–Crippen MR) is 172 cm³/mol. The van der Waals surface area contributed by atoms with Crippen LogP contribution >= 0.6 is 0 Å². The summed E-state index contributed by atoms with van der Waals surface area (Å²) in [5, 5.41) is 9.11. The molecule has 9 heteroatoms. The number of nitrogens with one attached hydrogen (secondary N) is 2. The van der Waals surface area contributed by atoms with Gasteiger partial charge in [-0.15, -0.1) is 0 Å². The van der Waals surface area contributed by atoms with Gasteiger partial charge in [-0.1, -0.05) is 38.1 Å². The summed E-state index contributed by atoms with van der Waals surface area (Å²) in [5.74, 6) is 0.939. The summed E-state index contributed by atoms with van der Waals surface area (Å²) in [6, 6.07) is 15.9. The molecule has 0 aliphatic carbocycles. The van der Waals surface area contributed by atoms with Crippen LogP contribution in [0.25, 0.3) is 27.4 Å². The number of hydrogen-bond acceptors (Lipinski definition) is 7. The molecule has 2 fully saturated rings. The lowest BCUT2D eigenvalue weighted by Gasteiger charge is -2.27. The lowest BCUT2D eigenvalue weighted by molar-refractivity contribution is 0.0383. The number of nitrogens with zero attached hydrogens (tertiary/aromatic N) is 3. The Morgan fingerprint density at radius 1 is 0.884 bits per heavy atom. The van der Waals surface area contributed by atoms with Crippen LogP contribution in [0.1, 0.15) is 37.0 Å². The lowest BCUT2D eigenvalue weighted by Crippen LogP contribution is -2.42. The highest BCUT2D eigenvalue weighted by atomic mass is 16.5. The fourth-order valence-electron chi connectivity index (χ4n) is 6.17. The average molecular weight is 584 g/mol. The van der Waals surface area contributed by atoms with E-state index in [4.69, 9.17) is 9.47 Å². The number of anilines is 1. The van der Waals surface area contributed by atoms with E-state index in [0.29, 0.717) is 42.2 Å². The summed E-state index contributed by atoms with van der Waals surface area (Å²) in [6.07, 6.45) is 4.19. The zero-order chi connectivity index (χ0) is 29.8. The van der Waals surface area contributed by atoms with Crippen molar-refractivity contribution in [3.05, 3.63) is 70.5 Å². The number of likely N-dealkylation sites (tertiary alicyclic amines) is 1. The number of hydrogen-bond donors (Lipinski definition) is 2. The summed E-state index contributed by atoms with van der Waals surface area (Å²) in [5.41, 5.74) is 2.15. The summed E-state index contributed by atoms with van der Waals surface area (Å²) in [4.78, 5) is 31.8. The Morgan fingerprint density at radius 2 is 1.58 bits per heavy atom. The molecule has 3 aromatic carbocycles. The number of benzene rings is 3. The predicted octanol–water partition coefficient (Wildman–Crippen LogP) is 4.85. The van der Waals surface area contributed by atoms with E-state index in [0.717, 1.165) is 68.0 Å². The monoisotopic (exact) mass is 583 g/mol. The van der Waals surface area contributed by atoms with E-state index in [2.05, 4.69) is 38.6 Å². The lowest BCUT2D eigenvalue weighted by atomic mass is 10.0. The highest BCUT2D eigenvalue weighted by Gasteiger charge is 2.27. The van der Waals surface area contributed by atoms with Crippen LogP contribution < -0.4 is 20.8 Å². The second kappa shape index (κ2) is 13.2. The minimum Gasteiger partial charge on any atom is -0.451 e. The second-order valence-electron chi connectivity index (χ2n) is 11.0. The van der Waals surface area contributed by atoms with Gasteiger partial charge in [0, 0.05) is 45.5 Å². The van der Waals surface area contributed by atoms with Crippen molar-refractivity contribution in [2.24, 2.45) is 0 Å². The van der Waals surface area contributed by atoms with Gasteiger partial charge in [-0.05, 0) is 61.0 Å². The molecule has 1 amide bonds. The van der Waals surface area contributed by atoms with Crippen molar-refractivity contribution >= 4 is 33.3 Å². The van der Waals surface area contributed by atoms with Crippen molar-refractivity contribution in [1.82, 2.24) is 19.7 Å². The van der Waals surface area contributed by atoms with Gasteiger partial charge < -0.3 is 29.6 Å². The van der Waals surface area contributed by atoms with Crippen molar-refractivity contribution in [3.63, 3.8) is 0 Å². The van der Waals surface area contributed by atoms with Gasteiger partial charge in [-0.3, -0.25) is 14.5 Å². The molecule has 226 valence electrons. The van der Waals surface area contributed by atoms with Gasteiger partial charge in [-0.2, -0.15) is 0 Å². The average Bonchev–Trinajstić information content (AvgIpc) is 3.57. The SMILES string of the molecule is CC.O=C(NCCN1CCOCC1)c1cn2c3c(c(NCCN4CCCC4)ccc3c1=O)Oc1cc3ccccc3cc1-2. The maximum absolute atomic E-state index is 13.7. The molecule has 2 N–H and O–H groups in total. The van der Waals surface area contributed by atoms with Crippen LogP contribution in [-0.4, -0.2) is 85.8 Å². The van der Waals surface area contributed by atoms with Crippen LogP contribution in [-0.2, 0) is 4.74 Å². The molecular weight excluding hydrogens is 542 g/mol. The molecule has 0 spiro atoms. The molecule has 2 saturated heterocycles. The molecule has 9 nitrogen and oxygen atoms in total. The maximum atomic E-state index is 13.7.